The van der Waals surface area contributed by atoms with Gasteiger partial charge in [-0.1, -0.05) is 47.5 Å². The Bertz CT molecular complexity index is 1230. The first-order valence-corrected chi connectivity index (χ1v) is 11.7. The summed E-state index contributed by atoms with van der Waals surface area (Å²) in [4.78, 5) is 33.7. The zero-order chi connectivity index (χ0) is 23.7. The van der Waals surface area contributed by atoms with Crippen molar-refractivity contribution in [2.45, 2.75) is 30.8 Å². The Morgan fingerprint density at radius 3 is 2.52 bits per heavy atom. The van der Waals surface area contributed by atoms with Crippen LogP contribution < -0.4 is 10.3 Å². The zero-order valence-electron chi connectivity index (χ0n) is 18.7. The molecular formula is C24H26Cl2N4O3. The molecule has 2 unspecified atom stereocenters. The maximum absolute atomic E-state index is 13.7. The van der Waals surface area contributed by atoms with Gasteiger partial charge in [-0.3, -0.25) is 19.1 Å². The number of carbonyl (C=O) groups is 1. The van der Waals surface area contributed by atoms with Crippen LogP contribution in [0.2, 0.25) is 0 Å². The van der Waals surface area contributed by atoms with Crippen molar-refractivity contribution < 1.29 is 9.53 Å². The molecule has 174 valence electrons. The number of methoxy groups -OCH3 is 1. The van der Waals surface area contributed by atoms with Crippen molar-refractivity contribution in [3.8, 4) is 11.4 Å². The third kappa shape index (κ3) is 4.45. The smallest absolute Gasteiger partial charge is 0.266 e. The molecule has 0 saturated carbocycles. The van der Waals surface area contributed by atoms with E-state index >= 15 is 0 Å². The molecule has 1 aliphatic heterocycles. The molecule has 2 heterocycles. The van der Waals surface area contributed by atoms with Crippen molar-refractivity contribution in [3.63, 3.8) is 0 Å². The van der Waals surface area contributed by atoms with Gasteiger partial charge in [0.25, 0.3) is 11.5 Å². The number of halogens is 2. The Balaban J connectivity index is 1.79. The molecule has 4 rings (SSSR count). The number of ether oxygens (including phenoxy) is 1. The van der Waals surface area contributed by atoms with Gasteiger partial charge in [-0.05, 0) is 38.1 Å². The van der Waals surface area contributed by atoms with E-state index in [-0.39, 0.29) is 23.6 Å². The van der Waals surface area contributed by atoms with Gasteiger partial charge in [0, 0.05) is 25.7 Å². The summed E-state index contributed by atoms with van der Waals surface area (Å²) < 4.78 is 7.20. The third-order valence-electron chi connectivity index (χ3n) is 6.18. The van der Waals surface area contributed by atoms with Crippen LogP contribution in [0.3, 0.4) is 0 Å². The summed E-state index contributed by atoms with van der Waals surface area (Å²) in [6, 6.07) is 14.5. The molecule has 3 aromatic rings. The summed E-state index contributed by atoms with van der Waals surface area (Å²) in [5, 5.41) is 0.540. The van der Waals surface area contributed by atoms with E-state index in [0.29, 0.717) is 47.8 Å². The van der Waals surface area contributed by atoms with Crippen molar-refractivity contribution in [2.75, 3.05) is 26.7 Å². The van der Waals surface area contributed by atoms with E-state index in [1.54, 1.807) is 22.6 Å². The van der Waals surface area contributed by atoms with Crippen LogP contribution in [0.15, 0.2) is 53.3 Å². The number of fused-ring (bicyclic) bond motifs is 1. The fourth-order valence-electron chi connectivity index (χ4n) is 4.43. The first-order chi connectivity index (χ1) is 15.8. The van der Waals surface area contributed by atoms with Gasteiger partial charge in [-0.15, -0.1) is 0 Å². The normalized spacial score (nSPS) is 18.0. The van der Waals surface area contributed by atoms with Gasteiger partial charge in [-0.25, -0.2) is 4.98 Å². The summed E-state index contributed by atoms with van der Waals surface area (Å²) in [6.45, 7) is 5.69. The number of nitrogens with zero attached hydrogens (tertiary/aromatic N) is 4. The van der Waals surface area contributed by atoms with Crippen LogP contribution in [0.1, 0.15) is 25.7 Å². The highest BCUT2D eigenvalue weighted by molar-refractivity contribution is 6.53. The molecule has 1 aromatic heterocycles. The van der Waals surface area contributed by atoms with Crippen molar-refractivity contribution >= 4 is 40.0 Å². The average Bonchev–Trinajstić information content (AvgIpc) is 2.83. The molecule has 0 N–H and O–H groups in total. The monoisotopic (exact) mass is 488 g/mol. The van der Waals surface area contributed by atoms with Crippen molar-refractivity contribution in [1.82, 2.24) is 19.4 Å². The molecule has 9 heteroatoms. The van der Waals surface area contributed by atoms with Gasteiger partial charge in [0.05, 0.1) is 29.7 Å². The molecule has 0 spiro atoms. The van der Waals surface area contributed by atoms with Gasteiger partial charge in [0.2, 0.25) is 0 Å². The summed E-state index contributed by atoms with van der Waals surface area (Å²) in [6.07, 6.45) is 0. The van der Waals surface area contributed by atoms with E-state index in [0.717, 1.165) is 0 Å². The number of aromatic nitrogens is 2. The molecule has 1 aliphatic rings. The number of carbonyl (C=O) groups excluding carboxylic acids is 1. The number of para-hydroxylation sites is 3. The van der Waals surface area contributed by atoms with Gasteiger partial charge in [0.15, 0.2) is 4.84 Å². The zero-order valence-corrected chi connectivity index (χ0v) is 20.3. The van der Waals surface area contributed by atoms with Crippen molar-refractivity contribution in [1.29, 1.82) is 0 Å². The minimum absolute atomic E-state index is 0.0828. The second kappa shape index (κ2) is 9.71. The second-order valence-corrected chi connectivity index (χ2v) is 9.25. The molecule has 2 atom stereocenters. The second-order valence-electron chi connectivity index (χ2n) is 8.15. The largest absolute Gasteiger partial charge is 0.495 e. The van der Waals surface area contributed by atoms with Gasteiger partial charge < -0.3 is 9.64 Å². The Morgan fingerprint density at radius 1 is 1.12 bits per heavy atom. The molecular weight excluding hydrogens is 463 g/mol. The number of rotatable bonds is 5. The number of benzene rings is 2. The quantitative estimate of drug-likeness (QED) is 0.511. The average molecular weight is 489 g/mol. The Hall–Kier alpha value is -2.61. The van der Waals surface area contributed by atoms with E-state index < -0.39 is 4.84 Å². The van der Waals surface area contributed by atoms with E-state index in [9.17, 15) is 9.59 Å². The molecule has 0 bridgehead atoms. The van der Waals surface area contributed by atoms with Crippen LogP contribution >= 0.6 is 23.2 Å². The maximum Gasteiger partial charge on any atom is 0.266 e. The minimum atomic E-state index is -1.07. The van der Waals surface area contributed by atoms with Crippen molar-refractivity contribution in [2.24, 2.45) is 0 Å². The van der Waals surface area contributed by atoms with Crippen LogP contribution in [0, 0.1) is 0 Å². The molecule has 33 heavy (non-hydrogen) atoms. The summed E-state index contributed by atoms with van der Waals surface area (Å²) in [7, 11) is 1.58. The molecule has 0 radical (unpaired) electrons. The van der Waals surface area contributed by atoms with Crippen LogP contribution in [0.5, 0.6) is 5.75 Å². The molecule has 7 nitrogen and oxygen atoms in total. The topological polar surface area (TPSA) is 67.7 Å². The highest BCUT2D eigenvalue weighted by atomic mass is 35.5. The van der Waals surface area contributed by atoms with Crippen LogP contribution in [-0.2, 0) is 4.79 Å². The lowest BCUT2D eigenvalue weighted by molar-refractivity contribution is -0.134. The van der Waals surface area contributed by atoms with Gasteiger partial charge >= 0.3 is 0 Å². The van der Waals surface area contributed by atoms with E-state index in [4.69, 9.17) is 32.9 Å². The number of alkyl halides is 2. The minimum Gasteiger partial charge on any atom is -0.495 e. The van der Waals surface area contributed by atoms with E-state index in [1.807, 2.05) is 56.3 Å². The predicted molar refractivity (Wildman–Crippen MR) is 131 cm³/mol. The Morgan fingerprint density at radius 2 is 1.82 bits per heavy atom. The van der Waals surface area contributed by atoms with E-state index in [2.05, 4.69) is 4.90 Å². The number of hydrogen-bond donors (Lipinski definition) is 0. The lowest BCUT2D eigenvalue weighted by Gasteiger charge is -2.42. The maximum atomic E-state index is 13.7. The summed E-state index contributed by atoms with van der Waals surface area (Å²) in [5.74, 6) is 0.916. The molecule has 1 amide bonds. The molecule has 1 fully saturated rings. The van der Waals surface area contributed by atoms with E-state index in [1.165, 1.54) is 0 Å². The first-order valence-electron chi connectivity index (χ1n) is 10.8. The fraction of sp³-hybridized carbons (Fsp3) is 0.375. The highest BCUT2D eigenvalue weighted by Crippen LogP contribution is 2.29. The number of piperazine rings is 1. The molecule has 2 aromatic carbocycles. The predicted octanol–water partition coefficient (Wildman–Crippen LogP) is 3.79. The lowest BCUT2D eigenvalue weighted by Crippen LogP contribution is -2.55. The first kappa shape index (κ1) is 23.5. The summed E-state index contributed by atoms with van der Waals surface area (Å²) >= 11 is 11.6. The number of hydrogen-bond acceptors (Lipinski definition) is 5. The Kier molecular flexibility index (Phi) is 6.93. The lowest BCUT2D eigenvalue weighted by atomic mass is 10.1. The van der Waals surface area contributed by atoms with Gasteiger partial charge in [-0.2, -0.15) is 0 Å². The molecule has 0 aliphatic carbocycles. The highest BCUT2D eigenvalue weighted by Gasteiger charge is 2.34. The third-order valence-corrected chi connectivity index (χ3v) is 6.55. The van der Waals surface area contributed by atoms with Crippen LogP contribution in [0.25, 0.3) is 16.6 Å². The van der Waals surface area contributed by atoms with Crippen LogP contribution in [-0.4, -0.2) is 62.9 Å². The fourth-order valence-corrected chi connectivity index (χ4v) is 4.68. The molecule has 1 saturated heterocycles. The van der Waals surface area contributed by atoms with Crippen LogP contribution in [0.4, 0.5) is 0 Å². The van der Waals surface area contributed by atoms with Crippen molar-refractivity contribution in [3.05, 3.63) is 64.7 Å². The SMILES string of the molecule is COc1ccccc1-n1c(C(C)N2CCN(C(=O)C(Cl)Cl)C(C)C2)nc2ccccc2c1=O. The number of amides is 1. The Labute approximate surface area is 202 Å². The summed E-state index contributed by atoms with van der Waals surface area (Å²) in [5.41, 5.74) is 1.13. The standard InChI is InChI=1S/C24H26Cl2N4O3/c1-15-14-28(12-13-29(15)24(32)21(25)26)16(2)22-27-18-9-5-4-8-17(18)23(31)30(22)19-10-6-7-11-20(19)33-3/h4-11,15-16,21H,12-14H2,1-3H3. The van der Waals surface area contributed by atoms with Gasteiger partial charge in [0.1, 0.15) is 11.6 Å².